The van der Waals surface area contributed by atoms with Crippen LogP contribution in [0.2, 0.25) is 0 Å². The van der Waals surface area contributed by atoms with Crippen LogP contribution in [-0.4, -0.2) is 18.2 Å². The number of hydrogen-bond acceptors (Lipinski definition) is 3. The van der Waals surface area contributed by atoms with E-state index in [2.05, 4.69) is 10.6 Å². The predicted molar refractivity (Wildman–Crippen MR) is 82.7 cm³/mol. The molecule has 2 aromatic rings. The summed E-state index contributed by atoms with van der Waals surface area (Å²) >= 11 is 0. The Morgan fingerprint density at radius 3 is 2.57 bits per heavy atom. The van der Waals surface area contributed by atoms with Gasteiger partial charge in [-0.3, -0.25) is 0 Å². The van der Waals surface area contributed by atoms with Gasteiger partial charge in [-0.05, 0) is 42.2 Å². The number of urea groups is 1. The van der Waals surface area contributed by atoms with Gasteiger partial charge in [-0.2, -0.15) is 0 Å². The quantitative estimate of drug-likeness (QED) is 0.736. The fraction of sp³-hybridized carbons (Fsp3) is 0.133. The van der Waals surface area contributed by atoms with E-state index < -0.39 is 7.12 Å². The maximum absolute atomic E-state index is 11.9. The summed E-state index contributed by atoms with van der Waals surface area (Å²) in [6.45, 7) is 2.38. The summed E-state index contributed by atoms with van der Waals surface area (Å²) in [4.78, 5) is 11.9. The fourth-order valence-electron chi connectivity index (χ4n) is 2.22. The molecule has 5 nitrogen and oxygen atoms in total. The smallest absolute Gasteiger partial charge is 0.423 e. The summed E-state index contributed by atoms with van der Waals surface area (Å²) in [7, 11) is -0.915. The van der Waals surface area contributed by atoms with E-state index in [1.165, 1.54) is 0 Å². The number of carbonyl (C=O) groups excluding carboxylic acids is 1. The number of aryl methyl sites for hydroxylation is 1. The lowest BCUT2D eigenvalue weighted by atomic mass is 9.79. The molecule has 0 bridgehead atoms. The minimum atomic E-state index is -0.915. The van der Waals surface area contributed by atoms with Crippen LogP contribution in [0.1, 0.15) is 11.1 Å². The van der Waals surface area contributed by atoms with Crippen LogP contribution in [-0.2, 0) is 11.3 Å². The molecule has 6 heteroatoms. The van der Waals surface area contributed by atoms with Crippen LogP contribution in [0.25, 0.3) is 0 Å². The van der Waals surface area contributed by atoms with Crippen LogP contribution in [0.15, 0.2) is 42.5 Å². The highest BCUT2D eigenvalue weighted by atomic mass is 16.5. The van der Waals surface area contributed by atoms with E-state index in [9.17, 15) is 9.82 Å². The summed E-state index contributed by atoms with van der Waals surface area (Å²) < 4.78 is 5.12. The topological polar surface area (TPSA) is 70.6 Å². The van der Waals surface area contributed by atoms with E-state index >= 15 is 0 Å². The number of hydrogen-bond donors (Lipinski definition) is 3. The number of carbonyl (C=O) groups is 1. The first-order chi connectivity index (χ1) is 10.1. The van der Waals surface area contributed by atoms with Gasteiger partial charge in [0.2, 0.25) is 0 Å². The molecule has 0 aliphatic carbocycles. The van der Waals surface area contributed by atoms with Crippen molar-refractivity contribution in [1.29, 1.82) is 0 Å². The summed E-state index contributed by atoms with van der Waals surface area (Å²) in [6, 6.07) is 12.6. The summed E-state index contributed by atoms with van der Waals surface area (Å²) in [6.07, 6.45) is 0. The van der Waals surface area contributed by atoms with Crippen molar-refractivity contribution >= 4 is 30.0 Å². The molecule has 21 heavy (non-hydrogen) atoms. The lowest BCUT2D eigenvalue weighted by Gasteiger charge is -2.09. The van der Waals surface area contributed by atoms with Crippen LogP contribution in [0, 0.1) is 6.92 Å². The summed E-state index contributed by atoms with van der Waals surface area (Å²) in [5.74, 6) is 0. The molecule has 1 heterocycles. The van der Waals surface area contributed by atoms with Gasteiger partial charge in [0.25, 0.3) is 0 Å². The van der Waals surface area contributed by atoms with Gasteiger partial charge >= 0.3 is 13.1 Å². The Morgan fingerprint density at radius 1 is 1.14 bits per heavy atom. The van der Waals surface area contributed by atoms with Gasteiger partial charge in [0.1, 0.15) is 0 Å². The lowest BCUT2D eigenvalue weighted by Crippen LogP contribution is -2.29. The Labute approximate surface area is 123 Å². The van der Waals surface area contributed by atoms with Crippen molar-refractivity contribution in [2.24, 2.45) is 0 Å². The van der Waals surface area contributed by atoms with Crippen LogP contribution < -0.4 is 16.1 Å². The Bertz CT molecular complexity index is 673. The molecular weight excluding hydrogens is 267 g/mol. The molecule has 0 saturated carbocycles. The highest BCUT2D eigenvalue weighted by Crippen LogP contribution is 2.15. The van der Waals surface area contributed by atoms with Gasteiger partial charge in [-0.1, -0.05) is 23.8 Å². The highest BCUT2D eigenvalue weighted by molar-refractivity contribution is 6.61. The number of fused-ring (bicyclic) bond motifs is 1. The third-order valence-corrected chi connectivity index (χ3v) is 3.38. The van der Waals surface area contributed by atoms with Gasteiger partial charge < -0.3 is 20.3 Å². The van der Waals surface area contributed by atoms with Crippen molar-refractivity contribution < 1.29 is 14.5 Å². The SMILES string of the molecule is Cc1ccc(NC(=O)Nc2ccc3c(c2)B(O)OC3)cc1. The van der Waals surface area contributed by atoms with E-state index in [0.717, 1.165) is 16.8 Å². The van der Waals surface area contributed by atoms with Crippen molar-refractivity contribution in [2.75, 3.05) is 10.6 Å². The van der Waals surface area contributed by atoms with E-state index in [0.29, 0.717) is 17.8 Å². The second kappa shape index (κ2) is 5.59. The average molecular weight is 282 g/mol. The first-order valence-electron chi connectivity index (χ1n) is 6.69. The third-order valence-electron chi connectivity index (χ3n) is 3.38. The number of nitrogens with one attached hydrogen (secondary N) is 2. The zero-order valence-electron chi connectivity index (χ0n) is 11.6. The Morgan fingerprint density at radius 2 is 1.81 bits per heavy atom. The van der Waals surface area contributed by atoms with E-state index in [4.69, 9.17) is 4.65 Å². The van der Waals surface area contributed by atoms with Crippen LogP contribution in [0.3, 0.4) is 0 Å². The van der Waals surface area contributed by atoms with Gasteiger partial charge in [0.15, 0.2) is 0 Å². The van der Waals surface area contributed by atoms with Crippen molar-refractivity contribution in [1.82, 2.24) is 0 Å². The predicted octanol–water partition coefficient (Wildman–Crippen LogP) is 1.86. The van der Waals surface area contributed by atoms with E-state index in [1.807, 2.05) is 37.3 Å². The molecule has 0 atom stereocenters. The maximum Gasteiger partial charge on any atom is 0.491 e. The molecule has 0 spiro atoms. The molecule has 106 valence electrons. The minimum absolute atomic E-state index is 0.327. The minimum Gasteiger partial charge on any atom is -0.423 e. The monoisotopic (exact) mass is 282 g/mol. The van der Waals surface area contributed by atoms with E-state index in [1.54, 1.807) is 12.1 Å². The largest absolute Gasteiger partial charge is 0.491 e. The zero-order chi connectivity index (χ0) is 14.8. The second-order valence-electron chi connectivity index (χ2n) is 5.02. The lowest BCUT2D eigenvalue weighted by molar-refractivity contribution is 0.262. The molecule has 3 N–H and O–H groups in total. The molecule has 0 saturated heterocycles. The molecular formula is C15H15BN2O3. The molecule has 0 aromatic heterocycles. The molecule has 0 unspecified atom stereocenters. The molecule has 1 aliphatic rings. The molecule has 3 rings (SSSR count). The van der Waals surface area contributed by atoms with Gasteiger partial charge in [-0.25, -0.2) is 4.79 Å². The Kier molecular flexibility index (Phi) is 3.64. The van der Waals surface area contributed by atoms with Crippen molar-refractivity contribution in [2.45, 2.75) is 13.5 Å². The molecule has 2 amide bonds. The van der Waals surface area contributed by atoms with E-state index in [-0.39, 0.29) is 6.03 Å². The third kappa shape index (κ3) is 3.07. The van der Waals surface area contributed by atoms with Crippen LogP contribution in [0.5, 0.6) is 0 Å². The summed E-state index contributed by atoms with van der Waals surface area (Å²) in [5.41, 5.74) is 4.11. The molecule has 2 aromatic carbocycles. The van der Waals surface area contributed by atoms with Gasteiger partial charge in [0.05, 0.1) is 6.61 Å². The van der Waals surface area contributed by atoms with Crippen molar-refractivity contribution in [3.63, 3.8) is 0 Å². The summed E-state index contributed by atoms with van der Waals surface area (Å²) in [5, 5.41) is 15.1. The maximum atomic E-state index is 11.9. The van der Waals surface area contributed by atoms with Crippen LogP contribution in [0.4, 0.5) is 16.2 Å². The molecule has 0 fully saturated rings. The van der Waals surface area contributed by atoms with Crippen molar-refractivity contribution in [3.05, 3.63) is 53.6 Å². The van der Waals surface area contributed by atoms with Gasteiger partial charge in [0, 0.05) is 11.4 Å². The zero-order valence-corrected chi connectivity index (χ0v) is 11.6. The highest BCUT2D eigenvalue weighted by Gasteiger charge is 2.27. The van der Waals surface area contributed by atoms with Crippen molar-refractivity contribution in [3.8, 4) is 0 Å². The number of benzene rings is 2. The molecule has 1 aliphatic heterocycles. The second-order valence-corrected chi connectivity index (χ2v) is 5.02. The Hall–Kier alpha value is -2.31. The average Bonchev–Trinajstić information content (AvgIpc) is 2.83. The standard InChI is InChI=1S/C15H15BN2O3/c1-10-2-5-12(6-3-10)17-15(19)18-13-7-4-11-9-21-16(20)14(11)8-13/h2-8,20H,9H2,1H3,(H2,17,18,19). The fourth-order valence-corrected chi connectivity index (χ4v) is 2.22. The Balaban J connectivity index is 1.68. The molecule has 0 radical (unpaired) electrons. The first kappa shape index (κ1) is 13.7. The van der Waals surface area contributed by atoms with Crippen LogP contribution >= 0.6 is 0 Å². The number of anilines is 2. The first-order valence-corrected chi connectivity index (χ1v) is 6.69. The van der Waals surface area contributed by atoms with Gasteiger partial charge in [-0.15, -0.1) is 0 Å². The number of amides is 2. The normalized spacial score (nSPS) is 13.0. The number of rotatable bonds is 2.